The number of alkyl carbamates (subject to hydrolysis) is 1. The van der Waals surface area contributed by atoms with Crippen molar-refractivity contribution in [3.05, 3.63) is 112 Å². The number of amides is 10. The van der Waals surface area contributed by atoms with E-state index in [0.29, 0.717) is 65.0 Å². The zero-order valence-corrected chi connectivity index (χ0v) is 56.7. The number of nitrogens with one attached hydrogen (secondary N) is 7. The fourth-order valence-electron chi connectivity index (χ4n) is 12.0. The number of anilines is 3. The third-order valence-corrected chi connectivity index (χ3v) is 16.9. The number of urea groups is 1. The van der Waals surface area contributed by atoms with Crippen molar-refractivity contribution in [1.82, 2.24) is 64.8 Å². The molecule has 10 amide bonds. The third kappa shape index (κ3) is 18.4. The highest BCUT2D eigenvalue weighted by Gasteiger charge is 2.44. The molecule has 7 aromatic rings. The Balaban J connectivity index is 0.909. The van der Waals surface area contributed by atoms with Crippen LogP contribution in [0.1, 0.15) is 138 Å². The maximum atomic E-state index is 14.6. The van der Waals surface area contributed by atoms with Gasteiger partial charge in [-0.25, -0.2) is 19.6 Å². The van der Waals surface area contributed by atoms with Crippen molar-refractivity contribution < 1.29 is 62.1 Å². The van der Waals surface area contributed by atoms with Crippen LogP contribution in [0.3, 0.4) is 0 Å². The van der Waals surface area contributed by atoms with E-state index in [1.807, 2.05) is 13.8 Å². The molecule has 99 heavy (non-hydrogen) atoms. The minimum atomic E-state index is -1.05. The van der Waals surface area contributed by atoms with Crippen LogP contribution in [0.25, 0.3) is 22.1 Å². The van der Waals surface area contributed by atoms with Crippen LogP contribution in [0.5, 0.6) is 11.5 Å². The SMILES string of the molecule is CCCC(=O)N[C@H](C(=O)N[C@@H](CCCNC(N)=O)C(=O)Nc1ccc(COC(=O)NCc2nn(C)cc2C(=O)Nc2nc3cc(C(N)=O)cc(OCCCN4CC5(CCCCO5)C4)c3n2C/C=C/Cn2c(NC(=O)c3cc(C)nn3CC)nc3cc(C(N)=O)cc(OC)c32)cc1)C(C)C. The molecule has 4 aromatic heterocycles. The summed E-state index contributed by atoms with van der Waals surface area (Å²) in [7, 11) is 3.04. The van der Waals surface area contributed by atoms with Crippen LogP contribution < -0.4 is 63.9 Å². The van der Waals surface area contributed by atoms with E-state index in [2.05, 4.69) is 52.3 Å². The van der Waals surface area contributed by atoms with Crippen molar-refractivity contribution in [2.24, 2.45) is 30.2 Å². The maximum absolute atomic E-state index is 14.6. The van der Waals surface area contributed by atoms with Crippen molar-refractivity contribution in [3.8, 4) is 11.5 Å². The van der Waals surface area contributed by atoms with Crippen molar-refractivity contribution in [3.63, 3.8) is 0 Å². The number of methoxy groups -OCH3 is 1. The molecule has 9 rings (SSSR count). The molecule has 2 aliphatic rings. The first-order chi connectivity index (χ1) is 47.4. The first-order valence-electron chi connectivity index (χ1n) is 32.9. The number of rotatable bonds is 33. The number of aromatic nitrogens is 8. The van der Waals surface area contributed by atoms with Gasteiger partial charge in [0.25, 0.3) is 11.8 Å². The molecule has 1 spiro atoms. The Labute approximate surface area is 570 Å². The minimum absolute atomic E-state index is 0.0331. The summed E-state index contributed by atoms with van der Waals surface area (Å²) in [6, 6.07) is 11.4. The molecule has 2 aliphatic heterocycles. The average Bonchev–Trinajstić information content (AvgIpc) is 1.07. The topological polar surface area (TPSA) is 427 Å². The van der Waals surface area contributed by atoms with Gasteiger partial charge in [0.15, 0.2) is 0 Å². The van der Waals surface area contributed by atoms with E-state index in [1.165, 1.54) is 42.3 Å². The molecule has 0 bridgehead atoms. The summed E-state index contributed by atoms with van der Waals surface area (Å²) in [5.41, 5.74) is 20.5. The lowest BCUT2D eigenvalue weighted by Crippen LogP contribution is -2.64. The molecule has 2 atom stereocenters. The third-order valence-electron chi connectivity index (χ3n) is 16.9. The quantitative estimate of drug-likeness (QED) is 0.0194. The summed E-state index contributed by atoms with van der Waals surface area (Å²) in [6.45, 7) is 12.7. The minimum Gasteiger partial charge on any atom is -0.494 e. The lowest BCUT2D eigenvalue weighted by molar-refractivity contribution is -0.166. The number of aryl methyl sites for hydroxylation is 3. The second-order valence-electron chi connectivity index (χ2n) is 24.8. The number of carbonyl (C=O) groups is 9. The number of likely N-dealkylation sites (tertiary alicyclic amines) is 1. The number of carbonyl (C=O) groups excluding carboxylic acids is 9. The number of ether oxygens (including phenoxy) is 4. The largest absolute Gasteiger partial charge is 0.494 e. The molecule has 13 N–H and O–H groups in total. The van der Waals surface area contributed by atoms with Gasteiger partial charge in [0.2, 0.25) is 41.4 Å². The van der Waals surface area contributed by atoms with E-state index in [-0.39, 0.29) is 121 Å². The molecule has 0 radical (unpaired) electrons. The molecule has 6 heterocycles. The van der Waals surface area contributed by atoms with Gasteiger partial charge in [0, 0.05) is 88.9 Å². The number of imidazole rings is 2. The Hall–Kier alpha value is -10.9. The second-order valence-corrected chi connectivity index (χ2v) is 24.8. The molecule has 2 saturated heterocycles. The van der Waals surface area contributed by atoms with Crippen molar-refractivity contribution >= 4 is 93.1 Å². The van der Waals surface area contributed by atoms with E-state index in [4.69, 9.17) is 46.1 Å². The van der Waals surface area contributed by atoms with Gasteiger partial charge >= 0.3 is 12.1 Å². The number of nitrogens with two attached hydrogens (primary N) is 3. The van der Waals surface area contributed by atoms with Gasteiger partial charge in [0.05, 0.1) is 53.8 Å². The van der Waals surface area contributed by atoms with Gasteiger partial charge in [-0.1, -0.05) is 45.1 Å². The van der Waals surface area contributed by atoms with Crippen LogP contribution in [-0.2, 0) is 63.7 Å². The Morgan fingerprint density at radius 2 is 1.42 bits per heavy atom. The Kier molecular flexibility index (Phi) is 24.1. The number of hydrogen-bond acceptors (Lipinski definition) is 18. The van der Waals surface area contributed by atoms with E-state index in [9.17, 15) is 43.2 Å². The second kappa shape index (κ2) is 32.9. The molecule has 0 unspecified atom stereocenters. The zero-order chi connectivity index (χ0) is 71.1. The predicted molar refractivity (Wildman–Crippen MR) is 366 cm³/mol. The molecule has 0 aliphatic carbocycles. The van der Waals surface area contributed by atoms with Crippen molar-refractivity contribution in [2.75, 3.05) is 62.5 Å². The van der Waals surface area contributed by atoms with Gasteiger partial charge in [-0.3, -0.25) is 58.5 Å². The molecular weight excluding hydrogens is 1280 g/mol. The number of benzene rings is 3. The number of allylic oxidation sites excluding steroid dienone is 2. The zero-order valence-electron chi connectivity index (χ0n) is 56.7. The lowest BCUT2D eigenvalue weighted by atomic mass is 9.86. The highest BCUT2D eigenvalue weighted by atomic mass is 16.5. The summed E-state index contributed by atoms with van der Waals surface area (Å²) in [5.74, 6) is -3.59. The number of fused-ring (bicyclic) bond motifs is 2. The van der Waals surface area contributed by atoms with Crippen LogP contribution in [0, 0.1) is 12.8 Å². The highest BCUT2D eigenvalue weighted by molar-refractivity contribution is 6.07. The van der Waals surface area contributed by atoms with Gasteiger partial charge < -0.3 is 71.9 Å². The normalized spacial score (nSPS) is 14.1. The van der Waals surface area contributed by atoms with Crippen LogP contribution in [-0.4, -0.2) is 161 Å². The monoisotopic (exact) mass is 1370 g/mol. The first kappa shape index (κ1) is 72.4. The fourth-order valence-corrected chi connectivity index (χ4v) is 12.0. The highest BCUT2D eigenvalue weighted by Crippen LogP contribution is 2.36. The molecule has 3 aromatic carbocycles. The van der Waals surface area contributed by atoms with Crippen molar-refractivity contribution in [2.45, 2.75) is 136 Å². The van der Waals surface area contributed by atoms with Gasteiger partial charge in [-0.05, 0) is 113 Å². The van der Waals surface area contributed by atoms with Crippen molar-refractivity contribution in [1.29, 1.82) is 0 Å². The number of nitrogens with zero attached hydrogens (tertiary/aromatic N) is 9. The standard InChI is InChI=1S/C67H87N19O13/c1-8-16-53(87)77-54(39(3)4)62(93)74-46(17-14-23-71-63(70)94)60(91)73-44-20-18-41(19-21-44)36-98-66(95)72-34-49-45(35-82(6)81-49)59(90)78-64-76-48-31-43(58(69)89)33-52(97-27-15-24-83-37-67(38-83)22-10-13-28-99-67)56(48)85(64)26-12-11-25-84-55-47(30-42(57(68)88)32-51(55)96-7)75-65(84)79-61(92)50-29-40(5)80-86(50)9-2/h11-12,18-21,29-33,35,39,46,54H,8-10,13-17,22-28,34,36-38H2,1-7H3,(H2,68,88)(H2,69,89)(H,72,95)(H,73,91)(H,74,93)(H,77,87)(H3,70,71,94)(H,75,79,92)(H,76,78,90)/b12-11+/t46-,54-/m0/s1. The smallest absolute Gasteiger partial charge is 0.407 e. The van der Waals surface area contributed by atoms with Crippen LogP contribution in [0.4, 0.5) is 27.2 Å². The molecular formula is C67H87N19O13. The Bertz CT molecular complexity index is 4150. The molecule has 2 fully saturated rings. The van der Waals surface area contributed by atoms with Gasteiger partial charge in [-0.2, -0.15) is 10.2 Å². The van der Waals surface area contributed by atoms with E-state index in [1.54, 1.807) is 84.1 Å². The summed E-state index contributed by atoms with van der Waals surface area (Å²) in [6.07, 6.45) is 9.33. The Morgan fingerprint density at radius 3 is 2.03 bits per heavy atom. The van der Waals surface area contributed by atoms with Crippen LogP contribution in [0.2, 0.25) is 0 Å². The van der Waals surface area contributed by atoms with E-state index in [0.717, 1.165) is 45.5 Å². The van der Waals surface area contributed by atoms with E-state index < -0.39 is 59.7 Å². The number of primary amides is 3. The molecule has 32 heteroatoms. The predicted octanol–water partition coefficient (Wildman–Crippen LogP) is 4.87. The van der Waals surface area contributed by atoms with E-state index >= 15 is 0 Å². The summed E-state index contributed by atoms with van der Waals surface area (Å²) in [4.78, 5) is 130. The first-order valence-corrected chi connectivity index (χ1v) is 32.9. The number of hydrogen-bond donors (Lipinski definition) is 10. The van der Waals surface area contributed by atoms with Crippen LogP contribution >= 0.6 is 0 Å². The molecule has 0 saturated carbocycles. The Morgan fingerprint density at radius 1 is 0.768 bits per heavy atom. The lowest BCUT2D eigenvalue weighted by Gasteiger charge is -2.51. The summed E-state index contributed by atoms with van der Waals surface area (Å²) < 4.78 is 30.3. The molecule has 528 valence electrons. The maximum Gasteiger partial charge on any atom is 0.407 e. The van der Waals surface area contributed by atoms with Gasteiger partial charge in [-0.15, -0.1) is 0 Å². The average molecular weight is 1370 g/mol. The molecule has 32 nitrogen and oxygen atoms in total. The fraction of sp³-hybridized carbons (Fsp3) is 0.448. The van der Waals surface area contributed by atoms with Gasteiger partial charge in [0.1, 0.15) is 46.9 Å². The van der Waals surface area contributed by atoms with Crippen LogP contribution in [0.15, 0.2) is 72.9 Å². The summed E-state index contributed by atoms with van der Waals surface area (Å²) in [5, 5.41) is 28.2. The summed E-state index contributed by atoms with van der Waals surface area (Å²) >= 11 is 0.